The number of likely N-dealkylation sites (tertiary alicyclic amines) is 1. The van der Waals surface area contributed by atoms with Crippen LogP contribution in [0, 0.1) is 5.92 Å². The summed E-state index contributed by atoms with van der Waals surface area (Å²) in [5.41, 5.74) is 5.59. The Morgan fingerprint density at radius 1 is 1.35 bits per heavy atom. The number of hydrogen-bond donors (Lipinski definition) is 2. The SMILES string of the molecule is NCCC1CCCN(CC(=O)NC2CCS(=O)(=O)C2)C1. The quantitative estimate of drug-likeness (QED) is 0.704. The number of hydrogen-bond acceptors (Lipinski definition) is 5. The van der Waals surface area contributed by atoms with Gasteiger partial charge < -0.3 is 11.1 Å². The molecule has 0 radical (unpaired) electrons. The van der Waals surface area contributed by atoms with Gasteiger partial charge in [0.25, 0.3) is 0 Å². The van der Waals surface area contributed by atoms with Gasteiger partial charge in [0.1, 0.15) is 0 Å². The summed E-state index contributed by atoms with van der Waals surface area (Å²) in [6.07, 6.45) is 3.86. The Hall–Kier alpha value is -0.660. The molecule has 6 nitrogen and oxygen atoms in total. The molecule has 0 aromatic carbocycles. The highest BCUT2D eigenvalue weighted by atomic mass is 32.2. The van der Waals surface area contributed by atoms with E-state index in [0.29, 0.717) is 25.4 Å². The van der Waals surface area contributed by atoms with Crippen molar-refractivity contribution in [1.29, 1.82) is 0 Å². The molecular formula is C13H25N3O3S. The van der Waals surface area contributed by atoms with Crippen LogP contribution in [-0.4, -0.2) is 63.0 Å². The summed E-state index contributed by atoms with van der Waals surface area (Å²) in [6, 6.07) is -0.197. The monoisotopic (exact) mass is 303 g/mol. The van der Waals surface area contributed by atoms with Crippen molar-refractivity contribution in [2.24, 2.45) is 11.7 Å². The highest BCUT2D eigenvalue weighted by Gasteiger charge is 2.29. The molecule has 2 rings (SSSR count). The number of piperidine rings is 1. The Morgan fingerprint density at radius 2 is 2.15 bits per heavy atom. The van der Waals surface area contributed by atoms with E-state index in [1.54, 1.807) is 0 Å². The molecule has 0 aromatic rings. The summed E-state index contributed by atoms with van der Waals surface area (Å²) in [5.74, 6) is 0.823. The Kier molecular flexibility index (Phi) is 5.40. The largest absolute Gasteiger partial charge is 0.351 e. The maximum atomic E-state index is 12.0. The fourth-order valence-corrected chi connectivity index (χ4v) is 4.82. The summed E-state index contributed by atoms with van der Waals surface area (Å²) in [7, 11) is -2.93. The molecule has 20 heavy (non-hydrogen) atoms. The molecule has 2 atom stereocenters. The lowest BCUT2D eigenvalue weighted by molar-refractivity contribution is -0.123. The molecule has 116 valence electrons. The van der Waals surface area contributed by atoms with E-state index in [9.17, 15) is 13.2 Å². The fourth-order valence-electron chi connectivity index (χ4n) is 3.15. The molecule has 2 fully saturated rings. The molecule has 0 bridgehead atoms. The highest BCUT2D eigenvalue weighted by Crippen LogP contribution is 2.18. The standard InChI is InChI=1S/C13H25N3O3S/c14-5-3-11-2-1-6-16(8-11)9-13(17)15-12-4-7-20(18,19)10-12/h11-12H,1-10,14H2,(H,15,17). The van der Waals surface area contributed by atoms with Crippen LogP contribution in [0.5, 0.6) is 0 Å². The van der Waals surface area contributed by atoms with Gasteiger partial charge in [-0.2, -0.15) is 0 Å². The smallest absolute Gasteiger partial charge is 0.234 e. The van der Waals surface area contributed by atoms with E-state index < -0.39 is 9.84 Å². The molecule has 3 N–H and O–H groups in total. The molecule has 1 amide bonds. The average Bonchev–Trinajstić information content (AvgIpc) is 2.69. The van der Waals surface area contributed by atoms with Gasteiger partial charge in [0.05, 0.1) is 18.1 Å². The lowest BCUT2D eigenvalue weighted by Crippen LogP contribution is -2.45. The molecule has 2 unspecified atom stereocenters. The van der Waals surface area contributed by atoms with Crippen LogP contribution in [0.3, 0.4) is 0 Å². The van der Waals surface area contributed by atoms with Crippen LogP contribution in [0.1, 0.15) is 25.7 Å². The van der Waals surface area contributed by atoms with Crippen molar-refractivity contribution in [3.63, 3.8) is 0 Å². The van der Waals surface area contributed by atoms with Crippen LogP contribution in [0.2, 0.25) is 0 Å². The van der Waals surface area contributed by atoms with Gasteiger partial charge in [-0.1, -0.05) is 0 Å². The highest BCUT2D eigenvalue weighted by molar-refractivity contribution is 7.91. The van der Waals surface area contributed by atoms with Crippen LogP contribution >= 0.6 is 0 Å². The number of amides is 1. The van der Waals surface area contributed by atoms with Gasteiger partial charge in [-0.3, -0.25) is 9.69 Å². The maximum Gasteiger partial charge on any atom is 0.234 e. The molecule has 0 aliphatic carbocycles. The lowest BCUT2D eigenvalue weighted by atomic mass is 9.95. The molecule has 2 aliphatic heterocycles. The number of nitrogens with two attached hydrogens (primary N) is 1. The Labute approximate surface area is 121 Å². The minimum Gasteiger partial charge on any atom is -0.351 e. The molecule has 0 spiro atoms. The van der Waals surface area contributed by atoms with Crippen LogP contribution in [0.15, 0.2) is 0 Å². The maximum absolute atomic E-state index is 12.0. The molecule has 2 saturated heterocycles. The number of nitrogens with zero attached hydrogens (tertiary/aromatic N) is 1. The van der Waals surface area contributed by atoms with Crippen molar-refractivity contribution < 1.29 is 13.2 Å². The van der Waals surface area contributed by atoms with Crippen molar-refractivity contribution in [3.05, 3.63) is 0 Å². The zero-order valence-corrected chi connectivity index (χ0v) is 12.7. The van der Waals surface area contributed by atoms with Gasteiger partial charge in [-0.15, -0.1) is 0 Å². The van der Waals surface area contributed by atoms with E-state index in [1.807, 2.05) is 0 Å². The second-order valence-electron chi connectivity index (χ2n) is 5.99. The van der Waals surface area contributed by atoms with Crippen LogP contribution in [0.25, 0.3) is 0 Å². The zero-order valence-electron chi connectivity index (χ0n) is 11.9. The van der Waals surface area contributed by atoms with E-state index in [1.165, 1.54) is 6.42 Å². The minimum atomic E-state index is -2.93. The number of sulfone groups is 1. The van der Waals surface area contributed by atoms with Crippen molar-refractivity contribution in [3.8, 4) is 0 Å². The third kappa shape index (κ3) is 4.71. The van der Waals surface area contributed by atoms with Gasteiger partial charge in [-0.25, -0.2) is 8.42 Å². The Morgan fingerprint density at radius 3 is 2.80 bits per heavy atom. The molecule has 2 aliphatic rings. The number of rotatable bonds is 5. The van der Waals surface area contributed by atoms with E-state index in [-0.39, 0.29) is 23.5 Å². The average molecular weight is 303 g/mol. The molecule has 7 heteroatoms. The topological polar surface area (TPSA) is 92.5 Å². The van der Waals surface area contributed by atoms with Crippen molar-refractivity contribution in [2.75, 3.05) is 37.7 Å². The first-order chi connectivity index (χ1) is 9.48. The minimum absolute atomic E-state index is 0.0551. The second kappa shape index (κ2) is 6.87. The Bertz CT molecular complexity index is 436. The van der Waals surface area contributed by atoms with Gasteiger partial charge >= 0.3 is 0 Å². The fraction of sp³-hybridized carbons (Fsp3) is 0.923. The summed E-state index contributed by atoms with van der Waals surface area (Å²) in [5, 5.41) is 2.84. The van der Waals surface area contributed by atoms with Crippen LogP contribution in [-0.2, 0) is 14.6 Å². The predicted octanol–water partition coefficient (Wildman–Crippen LogP) is -0.649. The van der Waals surface area contributed by atoms with Crippen LogP contribution in [0.4, 0.5) is 0 Å². The first kappa shape index (κ1) is 15.7. The predicted molar refractivity (Wildman–Crippen MR) is 78.0 cm³/mol. The molecule has 2 heterocycles. The van der Waals surface area contributed by atoms with Crippen molar-refractivity contribution in [1.82, 2.24) is 10.2 Å². The van der Waals surface area contributed by atoms with Gasteiger partial charge in [0.2, 0.25) is 5.91 Å². The van der Waals surface area contributed by atoms with Gasteiger partial charge in [0.15, 0.2) is 9.84 Å². The molecule has 0 saturated carbocycles. The third-order valence-corrected chi connectivity index (χ3v) is 5.91. The van der Waals surface area contributed by atoms with Crippen molar-refractivity contribution >= 4 is 15.7 Å². The zero-order chi connectivity index (χ0) is 14.6. The van der Waals surface area contributed by atoms with Crippen LogP contribution < -0.4 is 11.1 Å². The molecule has 0 aromatic heterocycles. The Balaban J connectivity index is 1.74. The van der Waals surface area contributed by atoms with E-state index >= 15 is 0 Å². The summed E-state index contributed by atoms with van der Waals surface area (Å²) < 4.78 is 22.7. The third-order valence-electron chi connectivity index (χ3n) is 4.14. The lowest BCUT2D eigenvalue weighted by Gasteiger charge is -2.32. The van der Waals surface area contributed by atoms with Crippen molar-refractivity contribution in [2.45, 2.75) is 31.7 Å². The summed E-state index contributed by atoms with van der Waals surface area (Å²) >= 11 is 0. The summed E-state index contributed by atoms with van der Waals surface area (Å²) in [6.45, 7) is 2.94. The van der Waals surface area contributed by atoms with E-state index in [2.05, 4.69) is 10.2 Å². The first-order valence-corrected chi connectivity index (χ1v) is 9.23. The normalized spacial score (nSPS) is 30.2. The van der Waals surface area contributed by atoms with E-state index in [4.69, 9.17) is 5.73 Å². The number of carbonyl (C=O) groups excluding carboxylic acids is 1. The van der Waals surface area contributed by atoms with Gasteiger partial charge in [-0.05, 0) is 44.7 Å². The number of carbonyl (C=O) groups is 1. The first-order valence-electron chi connectivity index (χ1n) is 7.41. The molecular weight excluding hydrogens is 278 g/mol. The number of nitrogens with one attached hydrogen (secondary N) is 1. The second-order valence-corrected chi connectivity index (χ2v) is 8.22. The van der Waals surface area contributed by atoms with Gasteiger partial charge in [0, 0.05) is 12.6 Å². The van der Waals surface area contributed by atoms with E-state index in [0.717, 1.165) is 25.9 Å². The summed E-state index contributed by atoms with van der Waals surface area (Å²) in [4.78, 5) is 14.1.